The van der Waals surface area contributed by atoms with E-state index in [1.165, 1.54) is 4.90 Å². The van der Waals surface area contributed by atoms with Crippen molar-refractivity contribution in [3.05, 3.63) is 70.8 Å². The molecule has 2 amide bonds. The van der Waals surface area contributed by atoms with E-state index in [4.69, 9.17) is 0 Å². The highest BCUT2D eigenvalue weighted by molar-refractivity contribution is 6.21. The van der Waals surface area contributed by atoms with Gasteiger partial charge in [0.1, 0.15) is 0 Å². The van der Waals surface area contributed by atoms with Crippen LogP contribution in [-0.2, 0) is 6.42 Å². The van der Waals surface area contributed by atoms with Gasteiger partial charge < -0.3 is 0 Å². The fourth-order valence-electron chi connectivity index (χ4n) is 3.29. The Hall–Kier alpha value is -2.75. The Morgan fingerprint density at radius 2 is 1.36 bits per heavy atom. The van der Waals surface area contributed by atoms with Gasteiger partial charge in [-0.1, -0.05) is 36.4 Å². The van der Waals surface area contributed by atoms with Crippen LogP contribution >= 0.6 is 0 Å². The molecule has 22 heavy (non-hydrogen) atoms. The van der Waals surface area contributed by atoms with Gasteiger partial charge in [0.05, 0.1) is 11.1 Å². The lowest BCUT2D eigenvalue weighted by molar-refractivity contribution is 0.0622. The van der Waals surface area contributed by atoms with Gasteiger partial charge in [0.2, 0.25) is 0 Å². The predicted molar refractivity (Wildman–Crippen MR) is 79.8 cm³/mol. The van der Waals surface area contributed by atoms with Gasteiger partial charge in [-0.2, -0.15) is 0 Å². The molecule has 2 aromatic rings. The van der Waals surface area contributed by atoms with E-state index in [0.29, 0.717) is 23.1 Å². The van der Waals surface area contributed by atoms with Crippen molar-refractivity contribution < 1.29 is 14.4 Å². The number of imide groups is 1. The second-order valence-electron chi connectivity index (χ2n) is 5.69. The molecule has 0 bridgehead atoms. The molecule has 4 nitrogen and oxygen atoms in total. The summed E-state index contributed by atoms with van der Waals surface area (Å²) in [7, 11) is 0. The quantitative estimate of drug-likeness (QED) is 0.798. The molecule has 2 aliphatic rings. The summed E-state index contributed by atoms with van der Waals surface area (Å²) in [6.07, 6.45) is 0.586. The number of hydrogen-bond donors (Lipinski definition) is 0. The van der Waals surface area contributed by atoms with E-state index < -0.39 is 0 Å². The van der Waals surface area contributed by atoms with Crippen LogP contribution in [0.1, 0.15) is 36.6 Å². The largest absolute Gasteiger partial charge is 0.294 e. The van der Waals surface area contributed by atoms with Crippen LogP contribution < -0.4 is 0 Å². The van der Waals surface area contributed by atoms with E-state index in [1.54, 1.807) is 30.3 Å². The average molecular weight is 291 g/mol. The number of amides is 2. The van der Waals surface area contributed by atoms with E-state index >= 15 is 0 Å². The minimum atomic E-state index is -0.334. The van der Waals surface area contributed by atoms with E-state index in [1.807, 2.05) is 18.2 Å². The van der Waals surface area contributed by atoms with Crippen LogP contribution in [0.25, 0.3) is 0 Å². The first-order valence-corrected chi connectivity index (χ1v) is 7.24. The second-order valence-corrected chi connectivity index (χ2v) is 5.69. The Morgan fingerprint density at radius 1 is 0.818 bits per heavy atom. The molecule has 0 saturated heterocycles. The SMILES string of the molecule is O=C1c2ccccc2CC1CN1C(=O)c2ccccc2C1=O. The molecule has 1 atom stereocenters. The molecule has 1 heterocycles. The molecular formula is C18H13NO3. The third-order valence-corrected chi connectivity index (χ3v) is 4.40. The highest BCUT2D eigenvalue weighted by Gasteiger charge is 2.39. The molecule has 1 unspecified atom stereocenters. The number of fused-ring (bicyclic) bond motifs is 2. The molecule has 0 fully saturated rings. The van der Waals surface area contributed by atoms with E-state index in [2.05, 4.69) is 0 Å². The number of hydrogen-bond acceptors (Lipinski definition) is 3. The number of ketones is 1. The Balaban J connectivity index is 1.61. The first-order valence-electron chi connectivity index (χ1n) is 7.24. The summed E-state index contributed by atoms with van der Waals surface area (Å²) in [6.45, 7) is 0.153. The molecule has 4 heteroatoms. The van der Waals surface area contributed by atoms with E-state index in [0.717, 1.165) is 5.56 Å². The van der Waals surface area contributed by atoms with Crippen molar-refractivity contribution in [1.29, 1.82) is 0 Å². The molecule has 108 valence electrons. The Bertz CT molecular complexity index is 790. The summed E-state index contributed by atoms with van der Waals surface area (Å²) < 4.78 is 0. The number of Topliss-reactive ketones (excluding diaryl/α,β-unsaturated/α-hetero) is 1. The fourth-order valence-corrected chi connectivity index (χ4v) is 3.29. The normalized spacial score (nSPS) is 19.5. The molecule has 4 rings (SSSR count). The number of benzene rings is 2. The van der Waals surface area contributed by atoms with Gasteiger partial charge in [0.15, 0.2) is 5.78 Å². The molecule has 0 spiro atoms. The smallest absolute Gasteiger partial charge is 0.261 e. The Morgan fingerprint density at radius 3 is 1.95 bits per heavy atom. The van der Waals surface area contributed by atoms with Crippen LogP contribution in [0.3, 0.4) is 0 Å². The predicted octanol–water partition coefficient (Wildman–Crippen LogP) is 2.34. The van der Waals surface area contributed by atoms with Crippen LogP contribution in [0, 0.1) is 5.92 Å². The van der Waals surface area contributed by atoms with Crippen LogP contribution in [0.15, 0.2) is 48.5 Å². The van der Waals surface area contributed by atoms with Gasteiger partial charge in [0.25, 0.3) is 11.8 Å². The van der Waals surface area contributed by atoms with Crippen molar-refractivity contribution in [2.24, 2.45) is 5.92 Å². The highest BCUT2D eigenvalue weighted by atomic mass is 16.2. The van der Waals surface area contributed by atoms with Crippen molar-refractivity contribution in [1.82, 2.24) is 4.90 Å². The van der Waals surface area contributed by atoms with E-state index in [-0.39, 0.29) is 30.1 Å². The van der Waals surface area contributed by atoms with Gasteiger partial charge >= 0.3 is 0 Å². The van der Waals surface area contributed by atoms with Gasteiger partial charge in [-0.3, -0.25) is 19.3 Å². The maximum Gasteiger partial charge on any atom is 0.261 e. The minimum Gasteiger partial charge on any atom is -0.294 e. The van der Waals surface area contributed by atoms with Gasteiger partial charge in [-0.05, 0) is 24.1 Å². The number of nitrogens with zero attached hydrogens (tertiary/aromatic N) is 1. The van der Waals surface area contributed by atoms with Crippen LogP contribution in [0.4, 0.5) is 0 Å². The summed E-state index contributed by atoms with van der Waals surface area (Å²) >= 11 is 0. The maximum absolute atomic E-state index is 12.4. The summed E-state index contributed by atoms with van der Waals surface area (Å²) in [6, 6.07) is 14.3. The van der Waals surface area contributed by atoms with Crippen molar-refractivity contribution in [2.45, 2.75) is 6.42 Å². The van der Waals surface area contributed by atoms with Gasteiger partial charge in [0, 0.05) is 18.0 Å². The molecule has 0 radical (unpaired) electrons. The molecule has 0 N–H and O–H groups in total. The first-order chi connectivity index (χ1) is 10.7. The monoisotopic (exact) mass is 291 g/mol. The lowest BCUT2D eigenvalue weighted by atomic mass is 10.0. The van der Waals surface area contributed by atoms with Crippen LogP contribution in [-0.4, -0.2) is 29.0 Å². The Kier molecular flexibility index (Phi) is 2.73. The van der Waals surface area contributed by atoms with Crippen molar-refractivity contribution in [3.63, 3.8) is 0 Å². The van der Waals surface area contributed by atoms with Crippen LogP contribution in [0.2, 0.25) is 0 Å². The summed E-state index contributed by atoms with van der Waals surface area (Å²) in [5.41, 5.74) is 2.56. The second kappa shape index (κ2) is 4.63. The van der Waals surface area contributed by atoms with Gasteiger partial charge in [-0.25, -0.2) is 0 Å². The molecular weight excluding hydrogens is 278 g/mol. The molecule has 0 saturated carbocycles. The van der Waals surface area contributed by atoms with Crippen LogP contribution in [0.5, 0.6) is 0 Å². The fraction of sp³-hybridized carbons (Fsp3) is 0.167. The zero-order valence-corrected chi connectivity index (χ0v) is 11.8. The average Bonchev–Trinajstić information content (AvgIpc) is 2.99. The van der Waals surface area contributed by atoms with E-state index in [9.17, 15) is 14.4 Å². The molecule has 1 aliphatic carbocycles. The molecule has 2 aromatic carbocycles. The topological polar surface area (TPSA) is 54.5 Å². The number of carbonyl (C=O) groups excluding carboxylic acids is 3. The third kappa shape index (κ3) is 1.73. The number of carbonyl (C=O) groups is 3. The summed E-state index contributed by atoms with van der Waals surface area (Å²) in [4.78, 5) is 38.4. The summed E-state index contributed by atoms with van der Waals surface area (Å²) in [5, 5.41) is 0. The number of rotatable bonds is 2. The lowest BCUT2D eigenvalue weighted by Crippen LogP contribution is -2.36. The standard InChI is InChI=1S/C18H13NO3/c20-16-12(9-11-5-1-2-6-13(11)16)10-19-17(21)14-7-3-4-8-15(14)18(19)22/h1-8,12H,9-10H2. The van der Waals surface area contributed by atoms with Crippen molar-refractivity contribution in [2.75, 3.05) is 6.54 Å². The zero-order valence-electron chi connectivity index (χ0n) is 11.8. The molecule has 0 aromatic heterocycles. The molecule has 1 aliphatic heterocycles. The maximum atomic E-state index is 12.4. The lowest BCUT2D eigenvalue weighted by Gasteiger charge is -2.17. The first kappa shape index (κ1) is 13.0. The highest BCUT2D eigenvalue weighted by Crippen LogP contribution is 2.30. The zero-order chi connectivity index (χ0) is 15.3. The van der Waals surface area contributed by atoms with Crippen molar-refractivity contribution in [3.8, 4) is 0 Å². The minimum absolute atomic E-state index is 0.0205. The third-order valence-electron chi connectivity index (χ3n) is 4.40. The summed E-state index contributed by atoms with van der Waals surface area (Å²) in [5.74, 6) is -0.916. The van der Waals surface area contributed by atoms with Crippen molar-refractivity contribution >= 4 is 17.6 Å². The van der Waals surface area contributed by atoms with Gasteiger partial charge in [-0.15, -0.1) is 0 Å². The Labute approximate surface area is 127 Å².